The molecule has 0 aromatic carbocycles. The second kappa shape index (κ2) is 5.41. The SMILES string of the molecule is CCNC1CCN(C2CCC(SC)C2)C1=O. The normalized spacial score (nSPS) is 35.0. The molecule has 2 fully saturated rings. The highest BCUT2D eigenvalue weighted by Crippen LogP contribution is 2.33. The topological polar surface area (TPSA) is 32.3 Å². The molecule has 0 aromatic rings. The number of carbonyl (C=O) groups is 1. The molecular formula is C12H22N2OS. The Hall–Kier alpha value is -0.220. The van der Waals surface area contributed by atoms with Gasteiger partial charge in [0.25, 0.3) is 0 Å². The van der Waals surface area contributed by atoms with Crippen LogP contribution in [0.4, 0.5) is 0 Å². The predicted octanol–water partition coefficient (Wildman–Crippen LogP) is 1.48. The van der Waals surface area contributed by atoms with E-state index in [9.17, 15) is 4.79 Å². The van der Waals surface area contributed by atoms with Crippen LogP contribution in [0, 0.1) is 0 Å². The Labute approximate surface area is 102 Å². The van der Waals surface area contributed by atoms with Crippen LogP contribution in [0.1, 0.15) is 32.6 Å². The van der Waals surface area contributed by atoms with Crippen molar-refractivity contribution in [2.45, 2.75) is 49.9 Å². The van der Waals surface area contributed by atoms with Crippen LogP contribution in [0.3, 0.4) is 0 Å². The Balaban J connectivity index is 1.89. The van der Waals surface area contributed by atoms with Crippen molar-refractivity contribution in [3.8, 4) is 0 Å². The zero-order chi connectivity index (χ0) is 11.5. The predicted molar refractivity (Wildman–Crippen MR) is 68.7 cm³/mol. The van der Waals surface area contributed by atoms with E-state index in [1.54, 1.807) is 0 Å². The molecule has 1 saturated heterocycles. The van der Waals surface area contributed by atoms with E-state index in [-0.39, 0.29) is 6.04 Å². The van der Waals surface area contributed by atoms with Crippen molar-refractivity contribution in [3.63, 3.8) is 0 Å². The fourth-order valence-electron chi connectivity index (χ4n) is 2.91. The quantitative estimate of drug-likeness (QED) is 0.810. The largest absolute Gasteiger partial charge is 0.338 e. The second-order valence-corrected chi connectivity index (χ2v) is 5.89. The van der Waals surface area contributed by atoms with Crippen LogP contribution < -0.4 is 5.32 Å². The fraction of sp³-hybridized carbons (Fsp3) is 0.917. The van der Waals surface area contributed by atoms with Crippen molar-refractivity contribution >= 4 is 17.7 Å². The lowest BCUT2D eigenvalue weighted by atomic mass is 10.2. The molecule has 4 heteroatoms. The van der Waals surface area contributed by atoms with Crippen LogP contribution in [0.15, 0.2) is 0 Å². The Morgan fingerprint density at radius 3 is 2.88 bits per heavy atom. The van der Waals surface area contributed by atoms with Gasteiger partial charge in [-0.25, -0.2) is 0 Å². The number of nitrogens with one attached hydrogen (secondary N) is 1. The van der Waals surface area contributed by atoms with Crippen molar-refractivity contribution in [2.75, 3.05) is 19.3 Å². The maximum atomic E-state index is 12.1. The van der Waals surface area contributed by atoms with Gasteiger partial charge >= 0.3 is 0 Å². The molecule has 1 heterocycles. The summed E-state index contributed by atoms with van der Waals surface area (Å²) in [5.41, 5.74) is 0. The number of likely N-dealkylation sites (N-methyl/N-ethyl adjacent to an activating group) is 1. The zero-order valence-corrected chi connectivity index (χ0v) is 11.1. The van der Waals surface area contributed by atoms with Gasteiger partial charge in [0.1, 0.15) is 0 Å². The lowest BCUT2D eigenvalue weighted by molar-refractivity contribution is -0.131. The third kappa shape index (κ3) is 2.38. The molecule has 0 radical (unpaired) electrons. The highest BCUT2D eigenvalue weighted by Gasteiger charge is 2.38. The first kappa shape index (κ1) is 12.2. The van der Waals surface area contributed by atoms with Gasteiger partial charge in [-0.05, 0) is 38.5 Å². The average Bonchev–Trinajstić information content (AvgIpc) is 2.87. The summed E-state index contributed by atoms with van der Waals surface area (Å²) in [6.45, 7) is 3.92. The van der Waals surface area contributed by atoms with E-state index in [1.807, 2.05) is 11.8 Å². The van der Waals surface area contributed by atoms with Crippen molar-refractivity contribution < 1.29 is 4.79 Å². The molecule has 1 saturated carbocycles. The molecule has 2 aliphatic rings. The van der Waals surface area contributed by atoms with Crippen molar-refractivity contribution in [2.24, 2.45) is 0 Å². The van der Waals surface area contributed by atoms with E-state index in [2.05, 4.69) is 23.4 Å². The molecule has 1 amide bonds. The third-order valence-electron chi connectivity index (χ3n) is 3.82. The third-order valence-corrected chi connectivity index (χ3v) is 4.92. The van der Waals surface area contributed by atoms with E-state index >= 15 is 0 Å². The van der Waals surface area contributed by atoms with Gasteiger partial charge < -0.3 is 10.2 Å². The van der Waals surface area contributed by atoms with E-state index in [1.165, 1.54) is 19.3 Å². The van der Waals surface area contributed by atoms with Crippen LogP contribution in [-0.4, -0.2) is 47.5 Å². The Morgan fingerprint density at radius 1 is 1.44 bits per heavy atom. The highest BCUT2D eigenvalue weighted by molar-refractivity contribution is 7.99. The Bertz CT molecular complexity index is 259. The van der Waals surface area contributed by atoms with Crippen molar-refractivity contribution in [1.82, 2.24) is 10.2 Å². The number of amides is 1. The molecule has 3 unspecified atom stereocenters. The molecule has 1 N–H and O–H groups in total. The van der Waals surface area contributed by atoms with E-state index in [0.717, 1.165) is 24.8 Å². The zero-order valence-electron chi connectivity index (χ0n) is 10.2. The number of nitrogens with zero attached hydrogens (tertiary/aromatic N) is 1. The lowest BCUT2D eigenvalue weighted by Gasteiger charge is -2.24. The molecule has 92 valence electrons. The molecule has 0 aromatic heterocycles. The van der Waals surface area contributed by atoms with Gasteiger partial charge in [0.05, 0.1) is 6.04 Å². The first-order valence-electron chi connectivity index (χ1n) is 6.33. The smallest absolute Gasteiger partial charge is 0.240 e. The number of carbonyl (C=O) groups excluding carboxylic acids is 1. The Morgan fingerprint density at radius 2 is 2.25 bits per heavy atom. The summed E-state index contributed by atoms with van der Waals surface area (Å²) in [4.78, 5) is 14.3. The summed E-state index contributed by atoms with van der Waals surface area (Å²) in [6.07, 6.45) is 6.86. The summed E-state index contributed by atoms with van der Waals surface area (Å²) in [5.74, 6) is 0.341. The highest BCUT2D eigenvalue weighted by atomic mass is 32.2. The summed E-state index contributed by atoms with van der Waals surface area (Å²) in [7, 11) is 0. The minimum Gasteiger partial charge on any atom is -0.338 e. The van der Waals surface area contributed by atoms with Gasteiger partial charge in [-0.3, -0.25) is 4.79 Å². The first-order chi connectivity index (χ1) is 7.76. The second-order valence-electron chi connectivity index (χ2n) is 4.76. The van der Waals surface area contributed by atoms with Crippen molar-refractivity contribution in [3.05, 3.63) is 0 Å². The van der Waals surface area contributed by atoms with Gasteiger partial charge in [-0.1, -0.05) is 6.92 Å². The summed E-state index contributed by atoms with van der Waals surface area (Å²) >= 11 is 1.95. The Kier molecular flexibility index (Phi) is 4.14. The minimum absolute atomic E-state index is 0.0957. The van der Waals surface area contributed by atoms with Crippen LogP contribution in [0.25, 0.3) is 0 Å². The van der Waals surface area contributed by atoms with E-state index < -0.39 is 0 Å². The molecule has 0 spiro atoms. The van der Waals surface area contributed by atoms with Gasteiger partial charge in [0, 0.05) is 17.8 Å². The molecule has 2 rings (SSSR count). The number of thioether (sulfide) groups is 1. The standard InChI is InChI=1S/C12H22N2OS/c1-3-13-11-6-7-14(12(11)15)9-4-5-10(8-9)16-2/h9-11,13H,3-8H2,1-2H3. The summed E-state index contributed by atoms with van der Waals surface area (Å²) in [6, 6.07) is 0.618. The van der Waals surface area contributed by atoms with Crippen LogP contribution in [-0.2, 0) is 4.79 Å². The average molecular weight is 242 g/mol. The van der Waals surface area contributed by atoms with Gasteiger partial charge in [-0.2, -0.15) is 11.8 Å². The number of hydrogen-bond acceptors (Lipinski definition) is 3. The number of likely N-dealkylation sites (tertiary alicyclic amines) is 1. The monoisotopic (exact) mass is 242 g/mol. The van der Waals surface area contributed by atoms with Gasteiger partial charge in [0.15, 0.2) is 0 Å². The minimum atomic E-state index is 0.0957. The first-order valence-corrected chi connectivity index (χ1v) is 7.61. The van der Waals surface area contributed by atoms with Crippen molar-refractivity contribution in [1.29, 1.82) is 0 Å². The van der Waals surface area contributed by atoms with Gasteiger partial charge in [0.2, 0.25) is 5.91 Å². The van der Waals surface area contributed by atoms with Gasteiger partial charge in [-0.15, -0.1) is 0 Å². The summed E-state index contributed by atoms with van der Waals surface area (Å²) < 4.78 is 0. The maximum Gasteiger partial charge on any atom is 0.240 e. The lowest BCUT2D eigenvalue weighted by Crippen LogP contribution is -2.42. The van der Waals surface area contributed by atoms with Crippen LogP contribution >= 0.6 is 11.8 Å². The van der Waals surface area contributed by atoms with E-state index in [4.69, 9.17) is 0 Å². The maximum absolute atomic E-state index is 12.1. The van der Waals surface area contributed by atoms with E-state index in [0.29, 0.717) is 11.9 Å². The van der Waals surface area contributed by atoms with Crippen LogP contribution in [0.2, 0.25) is 0 Å². The van der Waals surface area contributed by atoms with Crippen LogP contribution in [0.5, 0.6) is 0 Å². The molecule has 16 heavy (non-hydrogen) atoms. The number of hydrogen-bond donors (Lipinski definition) is 1. The molecule has 3 atom stereocenters. The summed E-state index contributed by atoms with van der Waals surface area (Å²) in [5, 5.41) is 4.05. The molecule has 3 nitrogen and oxygen atoms in total. The molecule has 1 aliphatic heterocycles. The molecule has 1 aliphatic carbocycles. The molecule has 0 bridgehead atoms. The fourth-order valence-corrected chi connectivity index (χ4v) is 3.70. The number of rotatable bonds is 4. The molecular weight excluding hydrogens is 220 g/mol.